The molecule has 1 aliphatic heterocycles. The molecule has 2 aliphatic rings. The topological polar surface area (TPSA) is 111 Å². The molecule has 0 spiro atoms. The summed E-state index contributed by atoms with van der Waals surface area (Å²) in [7, 11) is 1.84. The van der Waals surface area contributed by atoms with Crippen molar-refractivity contribution in [2.75, 3.05) is 38.6 Å². The van der Waals surface area contributed by atoms with Crippen LogP contribution < -0.4 is 11.1 Å². The number of hydrogen-bond donors (Lipinski definition) is 2. The number of rotatable bonds is 5. The van der Waals surface area contributed by atoms with E-state index in [2.05, 4.69) is 37.4 Å². The highest BCUT2D eigenvalue weighted by molar-refractivity contribution is 5.96. The fraction of sp³-hybridized carbons (Fsp3) is 0.391. The number of amides is 1. The van der Waals surface area contributed by atoms with E-state index < -0.39 is 0 Å². The number of fused-ring (bicyclic) bond motifs is 3. The van der Waals surface area contributed by atoms with Crippen LogP contribution in [0.3, 0.4) is 0 Å². The Kier molecular flexibility index (Phi) is 5.59. The van der Waals surface area contributed by atoms with Crippen LogP contribution in [0.25, 0.3) is 11.4 Å². The lowest BCUT2D eigenvalue weighted by Crippen LogP contribution is -2.43. The zero-order valence-corrected chi connectivity index (χ0v) is 18.1. The third-order valence-electron chi connectivity index (χ3n) is 6.16. The zero-order valence-electron chi connectivity index (χ0n) is 18.1. The number of anilines is 1. The number of hydrogen-bond acceptors (Lipinski definition) is 7. The third kappa shape index (κ3) is 3.96. The van der Waals surface area contributed by atoms with Crippen molar-refractivity contribution in [2.45, 2.75) is 18.9 Å². The van der Waals surface area contributed by atoms with Crippen molar-refractivity contribution in [3.05, 3.63) is 58.9 Å². The maximum absolute atomic E-state index is 13.4. The number of carbonyl (C=O) groups is 1. The van der Waals surface area contributed by atoms with Crippen molar-refractivity contribution in [3.63, 3.8) is 0 Å². The van der Waals surface area contributed by atoms with Crippen LogP contribution in [-0.4, -0.2) is 63.4 Å². The fourth-order valence-corrected chi connectivity index (χ4v) is 4.54. The van der Waals surface area contributed by atoms with E-state index in [9.17, 15) is 4.79 Å². The summed E-state index contributed by atoms with van der Waals surface area (Å²) in [5.41, 5.74) is 10.9. The largest absolute Gasteiger partial charge is 0.379 e. The Bertz CT molecular complexity index is 1120. The number of benzene rings is 1. The van der Waals surface area contributed by atoms with Crippen molar-refractivity contribution in [2.24, 2.45) is 7.05 Å². The zero-order chi connectivity index (χ0) is 22.1. The normalized spacial score (nSPS) is 16.8. The number of morpholine rings is 1. The van der Waals surface area contributed by atoms with E-state index in [0.29, 0.717) is 25.3 Å². The van der Waals surface area contributed by atoms with E-state index in [1.54, 1.807) is 10.9 Å². The summed E-state index contributed by atoms with van der Waals surface area (Å²) in [6.07, 6.45) is 3.23. The molecule has 0 radical (unpaired) electrons. The van der Waals surface area contributed by atoms with Gasteiger partial charge in [0, 0.05) is 38.4 Å². The van der Waals surface area contributed by atoms with E-state index in [1.165, 1.54) is 0 Å². The number of aromatic nitrogens is 4. The molecule has 32 heavy (non-hydrogen) atoms. The van der Waals surface area contributed by atoms with E-state index >= 15 is 0 Å². The van der Waals surface area contributed by atoms with Crippen LogP contribution in [0.15, 0.2) is 36.5 Å². The van der Waals surface area contributed by atoms with Gasteiger partial charge in [0.25, 0.3) is 5.91 Å². The lowest BCUT2D eigenvalue weighted by Gasteiger charge is -2.31. The van der Waals surface area contributed by atoms with Crippen molar-refractivity contribution in [1.29, 1.82) is 0 Å². The molecule has 1 aromatic carbocycles. The van der Waals surface area contributed by atoms with Gasteiger partial charge >= 0.3 is 0 Å². The highest BCUT2D eigenvalue weighted by Gasteiger charge is 2.30. The van der Waals surface area contributed by atoms with Gasteiger partial charge in [-0.2, -0.15) is 5.10 Å². The molecule has 5 rings (SSSR count). The molecule has 0 saturated carbocycles. The Morgan fingerprint density at radius 2 is 2.00 bits per heavy atom. The summed E-state index contributed by atoms with van der Waals surface area (Å²) in [5.74, 6) is 0.0490. The fourth-order valence-electron chi connectivity index (χ4n) is 4.54. The maximum atomic E-state index is 13.4. The smallest absolute Gasteiger partial charge is 0.272 e. The van der Waals surface area contributed by atoms with Crippen LogP contribution >= 0.6 is 0 Å². The first-order chi connectivity index (χ1) is 15.6. The molecule has 166 valence electrons. The molecule has 1 aliphatic carbocycles. The van der Waals surface area contributed by atoms with Crippen molar-refractivity contribution in [3.8, 4) is 11.4 Å². The Labute approximate surface area is 186 Å². The molecule has 3 aromatic rings. The Morgan fingerprint density at radius 1 is 1.22 bits per heavy atom. The molecule has 1 saturated heterocycles. The highest BCUT2D eigenvalue weighted by Crippen LogP contribution is 2.33. The minimum atomic E-state index is -0.172. The van der Waals surface area contributed by atoms with Crippen molar-refractivity contribution < 1.29 is 9.53 Å². The average molecular weight is 434 g/mol. The first kappa shape index (κ1) is 20.6. The van der Waals surface area contributed by atoms with Crippen molar-refractivity contribution in [1.82, 2.24) is 30.0 Å². The Hall–Kier alpha value is -3.30. The first-order valence-electron chi connectivity index (χ1n) is 10.9. The van der Waals surface area contributed by atoms with Crippen molar-refractivity contribution >= 4 is 11.9 Å². The number of nitrogens with one attached hydrogen (secondary N) is 1. The third-order valence-corrected chi connectivity index (χ3v) is 6.16. The molecule has 2 aromatic heterocycles. The summed E-state index contributed by atoms with van der Waals surface area (Å²) in [4.78, 5) is 24.3. The first-order valence-corrected chi connectivity index (χ1v) is 10.9. The number of nitrogens with two attached hydrogens (primary N) is 1. The number of aryl methyl sites for hydroxylation is 2. The van der Waals surface area contributed by atoms with Gasteiger partial charge in [-0.05, 0) is 24.0 Å². The average Bonchev–Trinajstić information content (AvgIpc) is 3.17. The van der Waals surface area contributed by atoms with Gasteiger partial charge in [-0.3, -0.25) is 14.4 Å². The molecular formula is C23H27N7O2. The van der Waals surface area contributed by atoms with E-state index in [1.807, 2.05) is 25.2 Å². The highest BCUT2D eigenvalue weighted by atomic mass is 16.5. The van der Waals surface area contributed by atoms with Gasteiger partial charge in [0.15, 0.2) is 5.69 Å². The van der Waals surface area contributed by atoms with E-state index in [-0.39, 0.29) is 17.9 Å². The number of nitrogen functional groups attached to an aromatic ring is 1. The van der Waals surface area contributed by atoms with Gasteiger partial charge in [0.2, 0.25) is 5.95 Å². The van der Waals surface area contributed by atoms with Crippen LogP contribution in [0.4, 0.5) is 5.95 Å². The molecule has 9 heteroatoms. The predicted molar refractivity (Wildman–Crippen MR) is 120 cm³/mol. The maximum Gasteiger partial charge on any atom is 0.272 e. The minimum Gasteiger partial charge on any atom is -0.379 e. The molecule has 1 fully saturated rings. The van der Waals surface area contributed by atoms with Crippen LogP contribution in [0.1, 0.15) is 33.2 Å². The second kappa shape index (κ2) is 8.68. The molecular weight excluding hydrogens is 406 g/mol. The van der Waals surface area contributed by atoms with E-state index in [0.717, 1.165) is 54.1 Å². The van der Waals surface area contributed by atoms with Crippen LogP contribution in [0, 0.1) is 0 Å². The summed E-state index contributed by atoms with van der Waals surface area (Å²) in [6.45, 7) is 3.87. The molecule has 1 amide bonds. The van der Waals surface area contributed by atoms with Gasteiger partial charge in [0.05, 0.1) is 30.6 Å². The van der Waals surface area contributed by atoms with Gasteiger partial charge in [-0.15, -0.1) is 0 Å². The molecule has 1 atom stereocenters. The van der Waals surface area contributed by atoms with Gasteiger partial charge in [-0.25, -0.2) is 9.97 Å². The lowest BCUT2D eigenvalue weighted by atomic mass is 9.93. The monoisotopic (exact) mass is 433 g/mol. The number of ether oxygens (including phenoxy) is 1. The second-order valence-corrected chi connectivity index (χ2v) is 8.25. The summed E-state index contributed by atoms with van der Waals surface area (Å²) in [5, 5.41) is 7.83. The quantitative estimate of drug-likeness (QED) is 0.625. The Morgan fingerprint density at radius 3 is 2.78 bits per heavy atom. The number of carbonyl (C=O) groups excluding carboxylic acids is 1. The molecule has 3 N–H and O–H groups in total. The predicted octanol–water partition coefficient (Wildman–Crippen LogP) is 1.36. The van der Waals surface area contributed by atoms with Gasteiger partial charge in [-0.1, -0.05) is 30.3 Å². The number of nitrogens with zero attached hydrogens (tertiary/aromatic N) is 5. The van der Waals surface area contributed by atoms with E-state index in [4.69, 9.17) is 10.5 Å². The molecule has 0 unspecified atom stereocenters. The second-order valence-electron chi connectivity index (χ2n) is 8.25. The van der Waals surface area contributed by atoms with Crippen LogP contribution in [0.5, 0.6) is 0 Å². The van der Waals surface area contributed by atoms with Gasteiger partial charge < -0.3 is 15.8 Å². The summed E-state index contributed by atoms with van der Waals surface area (Å²) < 4.78 is 7.21. The molecule has 9 nitrogen and oxygen atoms in total. The van der Waals surface area contributed by atoms with Gasteiger partial charge in [0.1, 0.15) is 0 Å². The van der Waals surface area contributed by atoms with Crippen LogP contribution in [0.2, 0.25) is 0 Å². The Balaban J connectivity index is 1.44. The SMILES string of the molecule is Cn1nc(C(=O)N[C@H](CN2CCOCC2)c2ccccc2)c2c1-c1nc(N)ncc1CC2. The standard InChI is InChI=1S/C23H27N7O2/c1-29-21-17(8-7-16-13-25-23(24)27-19(16)21)20(28-29)22(31)26-18(15-5-3-2-4-6-15)14-30-9-11-32-12-10-30/h2-6,13,18H,7-12,14H2,1H3,(H,26,31)(H2,24,25,27)/t18-/m1/s1. The lowest BCUT2D eigenvalue weighted by molar-refractivity contribution is 0.0332. The minimum absolute atomic E-state index is 0.145. The molecule has 0 bridgehead atoms. The summed E-state index contributed by atoms with van der Waals surface area (Å²) in [6, 6.07) is 9.93. The van der Waals surface area contributed by atoms with Crippen LogP contribution in [-0.2, 0) is 24.6 Å². The summed E-state index contributed by atoms with van der Waals surface area (Å²) >= 11 is 0. The molecule has 3 heterocycles.